The molecular formula is C4H10. The Morgan fingerprint density at radius 2 is 2.75 bits per heavy atom. The highest BCUT2D eigenvalue weighted by Crippen LogP contribution is 1.81. The highest BCUT2D eigenvalue weighted by atomic mass is 13.7. The van der Waals surface area contributed by atoms with E-state index < -0.39 is 26.5 Å². The molecule has 0 fully saturated rings. The van der Waals surface area contributed by atoms with Crippen LogP contribution in [0.15, 0.2) is 0 Å². The maximum atomic E-state index is 7.18. The SMILES string of the molecule is [2H]C([2H])C([2H])(C([2H])([2H])[2H])C([2H])([2H])[2H]. The first-order valence-electron chi connectivity index (χ1n) is 5.44. The van der Waals surface area contributed by atoms with Gasteiger partial charge in [-0.25, -0.2) is 0 Å². The Morgan fingerprint density at radius 1 is 2.00 bits per heavy atom. The van der Waals surface area contributed by atoms with Gasteiger partial charge in [-0.05, 0) is 5.89 Å². The van der Waals surface area contributed by atoms with Crippen molar-refractivity contribution in [2.45, 2.75) is 20.6 Å². The van der Waals surface area contributed by atoms with Crippen LogP contribution in [-0.2, 0) is 0 Å². The van der Waals surface area contributed by atoms with E-state index in [2.05, 4.69) is 0 Å². The van der Waals surface area contributed by atoms with E-state index in [1.54, 1.807) is 0 Å². The minimum Gasteiger partial charge on any atom is -0.0630 e. The Labute approximate surface area is 40.5 Å². The lowest BCUT2D eigenvalue weighted by atomic mass is 10.3. The summed E-state index contributed by atoms with van der Waals surface area (Å²) in [6.45, 7) is -8.56. The van der Waals surface area contributed by atoms with Crippen LogP contribution < -0.4 is 0 Å². The van der Waals surface area contributed by atoms with Gasteiger partial charge in [0.2, 0.25) is 0 Å². The Balaban J connectivity index is 5.22. The van der Waals surface area contributed by atoms with Gasteiger partial charge in [-0.3, -0.25) is 0 Å². The fourth-order valence-corrected chi connectivity index (χ4v) is 0. The van der Waals surface area contributed by atoms with Crippen molar-refractivity contribution in [1.29, 1.82) is 0 Å². The Morgan fingerprint density at radius 3 is 2.75 bits per heavy atom. The summed E-state index contributed by atoms with van der Waals surface area (Å²) in [5.41, 5.74) is 0. The van der Waals surface area contributed by atoms with Crippen molar-refractivity contribution < 1.29 is 12.3 Å². The largest absolute Gasteiger partial charge is 0.0630 e. The molecule has 0 aliphatic heterocycles. The van der Waals surface area contributed by atoms with Gasteiger partial charge in [-0.2, -0.15) is 0 Å². The van der Waals surface area contributed by atoms with Gasteiger partial charge in [0, 0.05) is 12.3 Å². The van der Waals surface area contributed by atoms with Crippen LogP contribution in [0.25, 0.3) is 0 Å². The van der Waals surface area contributed by atoms with Crippen LogP contribution in [-0.4, -0.2) is 0 Å². The first-order chi connectivity index (χ1) is 5.44. The van der Waals surface area contributed by atoms with Gasteiger partial charge in [-0.1, -0.05) is 20.6 Å². The van der Waals surface area contributed by atoms with Crippen molar-refractivity contribution in [1.82, 2.24) is 0 Å². The molecule has 4 heavy (non-hydrogen) atoms. The summed E-state index contributed by atoms with van der Waals surface area (Å²) in [7, 11) is 0. The van der Waals surface area contributed by atoms with Crippen molar-refractivity contribution >= 4 is 0 Å². The molecule has 0 heterocycles. The molecule has 0 radical (unpaired) electrons. The molecule has 0 aromatic heterocycles. The van der Waals surface area contributed by atoms with Crippen molar-refractivity contribution in [3.05, 3.63) is 0 Å². The minimum absolute atomic E-state index is 2.24. The molecule has 0 aromatic carbocycles. The van der Waals surface area contributed by atoms with Crippen LogP contribution in [0.5, 0.6) is 0 Å². The second-order valence-corrected chi connectivity index (χ2v) is 0.414. The highest BCUT2D eigenvalue weighted by molar-refractivity contribution is 4.20. The monoisotopic (exact) mass is 67.1 g/mol. The lowest BCUT2D eigenvalue weighted by molar-refractivity contribution is 0.737. The minimum atomic E-state index is -3.16. The van der Waals surface area contributed by atoms with Gasteiger partial charge in [0.1, 0.15) is 0 Å². The second kappa shape index (κ2) is 1.33. The molecule has 0 aromatic rings. The molecule has 0 rings (SSSR count). The summed E-state index contributed by atoms with van der Waals surface area (Å²) in [4.78, 5) is 0. The summed E-state index contributed by atoms with van der Waals surface area (Å²) in [5.74, 6) is -3.04. The van der Waals surface area contributed by atoms with Gasteiger partial charge in [-0.15, -0.1) is 0 Å². The summed E-state index contributed by atoms with van der Waals surface area (Å²) in [6, 6.07) is 0. The zero-order valence-electron chi connectivity index (χ0n) is 11.1. The lowest BCUT2D eigenvalue weighted by Crippen LogP contribution is -1.66. The molecule has 0 spiro atoms. The molecule has 0 aliphatic rings. The van der Waals surface area contributed by atoms with Gasteiger partial charge in [0.25, 0.3) is 0 Å². The summed E-state index contributed by atoms with van der Waals surface area (Å²) in [6.07, 6.45) is 0. The Kier molecular flexibility index (Phi) is 0.0833. The second-order valence-electron chi connectivity index (χ2n) is 0.414. The van der Waals surface area contributed by atoms with Crippen molar-refractivity contribution in [2.24, 2.45) is 5.89 Å². The first-order valence-corrected chi connectivity index (χ1v) is 0.789. The van der Waals surface area contributed by atoms with Gasteiger partial charge in [0.15, 0.2) is 0 Å². The number of hydrogen-bond donors (Lipinski definition) is 0. The molecule has 0 N–H and O–H groups in total. The Hall–Kier alpha value is 0. The molecule has 0 aliphatic carbocycles. The topological polar surface area (TPSA) is 0 Å². The molecule has 0 nitrogen and oxygen atoms in total. The molecule has 0 amide bonds. The zero-order valence-corrected chi connectivity index (χ0v) is 2.08. The summed E-state index contributed by atoms with van der Waals surface area (Å²) < 4.78 is 61.7. The van der Waals surface area contributed by atoms with E-state index in [9.17, 15) is 0 Å². The summed E-state index contributed by atoms with van der Waals surface area (Å²) >= 11 is 0. The molecular weight excluding hydrogens is 48.0 g/mol. The number of rotatable bonds is 0. The van der Waals surface area contributed by atoms with Gasteiger partial charge >= 0.3 is 0 Å². The molecule has 0 heteroatoms. The normalized spacial score (nSPS) is 51.8. The van der Waals surface area contributed by atoms with E-state index in [0.29, 0.717) is 0 Å². The standard InChI is InChI=1S/C4H10/c1-4(2)3/h4H,1-3H3/i1D2,2D3,3D3,4D. The summed E-state index contributed by atoms with van der Waals surface area (Å²) in [5, 5.41) is 0. The average Bonchev–Trinajstić information content (AvgIpc) is 1.80. The van der Waals surface area contributed by atoms with E-state index in [-0.39, 0.29) is 0 Å². The van der Waals surface area contributed by atoms with E-state index >= 15 is 0 Å². The first kappa shape index (κ1) is 0.250. The molecule has 0 atom stereocenters. The maximum absolute atomic E-state index is 7.18. The van der Waals surface area contributed by atoms with Gasteiger partial charge < -0.3 is 0 Å². The molecule has 0 bridgehead atoms. The van der Waals surface area contributed by atoms with E-state index in [4.69, 9.17) is 12.3 Å². The third-order valence-corrected chi connectivity index (χ3v) is 0. The van der Waals surface area contributed by atoms with Crippen LogP contribution in [0.3, 0.4) is 0 Å². The van der Waals surface area contributed by atoms with Crippen molar-refractivity contribution in [3.63, 3.8) is 0 Å². The van der Waals surface area contributed by atoms with E-state index in [1.807, 2.05) is 0 Å². The molecule has 26 valence electrons. The third kappa shape index (κ3) is 0. The van der Waals surface area contributed by atoms with Crippen molar-refractivity contribution in [2.75, 3.05) is 0 Å². The van der Waals surface area contributed by atoms with Crippen LogP contribution in [0.1, 0.15) is 32.9 Å². The fourth-order valence-electron chi connectivity index (χ4n) is 0. The zero-order chi connectivity index (χ0) is 11.1. The van der Waals surface area contributed by atoms with E-state index in [1.165, 1.54) is 0 Å². The maximum Gasteiger partial charge on any atom is 0.0294 e. The quantitative estimate of drug-likeness (QED) is 0.404. The molecule has 0 saturated heterocycles. The third-order valence-electron chi connectivity index (χ3n) is 0. The molecule has 0 saturated carbocycles. The fraction of sp³-hybridized carbons (Fsp3) is 1.00. The van der Waals surface area contributed by atoms with E-state index in [0.717, 1.165) is 0 Å². The van der Waals surface area contributed by atoms with Crippen LogP contribution >= 0.6 is 0 Å². The van der Waals surface area contributed by atoms with Crippen LogP contribution in [0.4, 0.5) is 0 Å². The smallest absolute Gasteiger partial charge is 0.0294 e. The predicted octanol–water partition coefficient (Wildman–Crippen LogP) is 1.66. The average molecular weight is 67.2 g/mol. The highest BCUT2D eigenvalue weighted by Gasteiger charge is 1.68. The van der Waals surface area contributed by atoms with Crippen LogP contribution in [0.2, 0.25) is 0 Å². The van der Waals surface area contributed by atoms with Crippen LogP contribution in [0, 0.1) is 5.89 Å². The molecule has 0 unspecified atom stereocenters. The Bertz CT molecular complexity index is 159. The predicted molar refractivity (Wildman–Crippen MR) is 20.5 cm³/mol. The lowest BCUT2D eigenvalue weighted by Gasteiger charge is -1.79. The number of hydrogen-bond acceptors (Lipinski definition) is 0. The van der Waals surface area contributed by atoms with Crippen molar-refractivity contribution in [3.8, 4) is 0 Å². The van der Waals surface area contributed by atoms with Gasteiger partial charge in [0.05, 0.1) is 0 Å².